The summed E-state index contributed by atoms with van der Waals surface area (Å²) in [5.41, 5.74) is 2.25. The Morgan fingerprint density at radius 1 is 1.24 bits per heavy atom. The molecule has 1 aromatic heterocycles. The highest BCUT2D eigenvalue weighted by molar-refractivity contribution is 7.16. The van der Waals surface area contributed by atoms with Crippen LogP contribution in [0.3, 0.4) is 0 Å². The first-order chi connectivity index (χ1) is 12.0. The molecule has 0 aliphatic carbocycles. The van der Waals surface area contributed by atoms with E-state index in [0.717, 1.165) is 15.8 Å². The van der Waals surface area contributed by atoms with Crippen LogP contribution in [0.15, 0.2) is 47.5 Å². The van der Waals surface area contributed by atoms with Gasteiger partial charge >= 0.3 is 5.97 Å². The van der Waals surface area contributed by atoms with Crippen LogP contribution in [0, 0.1) is 6.92 Å². The molecular weight excluding hydrogens is 360 g/mol. The van der Waals surface area contributed by atoms with E-state index in [4.69, 9.17) is 16.3 Å². The van der Waals surface area contributed by atoms with Crippen LogP contribution in [-0.4, -0.2) is 23.6 Å². The van der Waals surface area contributed by atoms with Gasteiger partial charge in [-0.15, -0.1) is 0 Å². The third-order valence-corrected chi connectivity index (χ3v) is 4.90. The van der Waals surface area contributed by atoms with Crippen LogP contribution in [-0.2, 0) is 16.1 Å². The summed E-state index contributed by atoms with van der Waals surface area (Å²) in [5, 5.41) is 0.579. The van der Waals surface area contributed by atoms with Gasteiger partial charge < -0.3 is 9.30 Å². The van der Waals surface area contributed by atoms with Crippen molar-refractivity contribution in [2.24, 2.45) is 4.99 Å². The molecule has 25 heavy (non-hydrogen) atoms. The number of halogens is 1. The van der Waals surface area contributed by atoms with Gasteiger partial charge in [0, 0.05) is 10.6 Å². The monoisotopic (exact) mass is 374 g/mol. The van der Waals surface area contributed by atoms with Crippen LogP contribution in [0.2, 0.25) is 5.02 Å². The van der Waals surface area contributed by atoms with Gasteiger partial charge in [-0.3, -0.25) is 9.59 Å². The average molecular weight is 375 g/mol. The number of thiazole rings is 1. The molecule has 0 saturated heterocycles. The number of fused-ring (bicyclic) bond motifs is 1. The van der Waals surface area contributed by atoms with Gasteiger partial charge in [-0.1, -0.05) is 40.6 Å². The fourth-order valence-electron chi connectivity index (χ4n) is 2.41. The number of aryl methyl sites for hydroxylation is 1. The Balaban J connectivity index is 2.15. The molecule has 7 heteroatoms. The van der Waals surface area contributed by atoms with Gasteiger partial charge in [0.25, 0.3) is 5.91 Å². The molecule has 0 atom stereocenters. The van der Waals surface area contributed by atoms with Crippen molar-refractivity contribution in [3.8, 4) is 0 Å². The van der Waals surface area contributed by atoms with Gasteiger partial charge in [0.2, 0.25) is 0 Å². The number of nitrogens with zero attached hydrogens (tertiary/aromatic N) is 2. The van der Waals surface area contributed by atoms with Gasteiger partial charge in [-0.2, -0.15) is 4.99 Å². The summed E-state index contributed by atoms with van der Waals surface area (Å²) in [6.45, 7) is 1.88. The van der Waals surface area contributed by atoms with Crippen molar-refractivity contribution in [3.05, 3.63) is 63.4 Å². The number of aromatic nitrogens is 1. The molecule has 0 aliphatic heterocycles. The number of carbonyl (C=O) groups is 2. The zero-order valence-electron chi connectivity index (χ0n) is 13.7. The molecular formula is C18H15ClN2O3S. The van der Waals surface area contributed by atoms with E-state index >= 15 is 0 Å². The van der Waals surface area contributed by atoms with Crippen molar-refractivity contribution >= 4 is 45.0 Å². The minimum Gasteiger partial charge on any atom is -0.468 e. The van der Waals surface area contributed by atoms with Crippen LogP contribution in [0.25, 0.3) is 10.2 Å². The van der Waals surface area contributed by atoms with E-state index in [-0.39, 0.29) is 12.5 Å². The fourth-order valence-corrected chi connectivity index (χ4v) is 3.71. The predicted molar refractivity (Wildman–Crippen MR) is 97.9 cm³/mol. The molecule has 0 N–H and O–H groups in total. The van der Waals surface area contributed by atoms with E-state index in [2.05, 4.69) is 4.99 Å². The number of hydrogen-bond donors (Lipinski definition) is 0. The number of ether oxygens (including phenoxy) is 1. The van der Waals surface area contributed by atoms with Crippen LogP contribution in [0.1, 0.15) is 15.9 Å². The highest BCUT2D eigenvalue weighted by Crippen LogP contribution is 2.22. The normalized spacial score (nSPS) is 11.7. The lowest BCUT2D eigenvalue weighted by atomic mass is 10.1. The van der Waals surface area contributed by atoms with E-state index in [1.54, 1.807) is 34.9 Å². The van der Waals surface area contributed by atoms with E-state index in [1.807, 2.05) is 19.1 Å². The first-order valence-electron chi connectivity index (χ1n) is 7.49. The average Bonchev–Trinajstić information content (AvgIpc) is 2.91. The van der Waals surface area contributed by atoms with E-state index in [0.29, 0.717) is 15.4 Å². The molecule has 3 rings (SSSR count). The summed E-state index contributed by atoms with van der Waals surface area (Å²) in [5.74, 6) is -0.779. The van der Waals surface area contributed by atoms with Crippen LogP contribution in [0.5, 0.6) is 0 Å². The van der Waals surface area contributed by atoms with E-state index in [1.165, 1.54) is 18.4 Å². The summed E-state index contributed by atoms with van der Waals surface area (Å²) in [4.78, 5) is 28.9. The highest BCUT2D eigenvalue weighted by Gasteiger charge is 2.13. The zero-order valence-corrected chi connectivity index (χ0v) is 15.2. The Morgan fingerprint density at radius 3 is 2.76 bits per heavy atom. The fraction of sp³-hybridized carbons (Fsp3) is 0.167. The van der Waals surface area contributed by atoms with Crippen LogP contribution in [0.4, 0.5) is 0 Å². The van der Waals surface area contributed by atoms with Crippen molar-refractivity contribution in [3.63, 3.8) is 0 Å². The molecule has 2 aromatic carbocycles. The number of benzene rings is 2. The predicted octanol–water partition coefficient (Wildman–Crippen LogP) is 3.58. The largest absolute Gasteiger partial charge is 0.468 e. The summed E-state index contributed by atoms with van der Waals surface area (Å²) < 4.78 is 7.25. The molecule has 1 amide bonds. The topological polar surface area (TPSA) is 60.7 Å². The maximum absolute atomic E-state index is 12.5. The molecule has 5 nitrogen and oxygen atoms in total. The van der Waals surface area contributed by atoms with Gasteiger partial charge in [0.1, 0.15) is 6.54 Å². The molecule has 0 unspecified atom stereocenters. The van der Waals surface area contributed by atoms with Crippen molar-refractivity contribution in [1.29, 1.82) is 0 Å². The number of carbonyl (C=O) groups excluding carboxylic acids is 2. The summed E-state index contributed by atoms with van der Waals surface area (Å²) >= 11 is 7.34. The molecule has 0 aliphatic rings. The minimum absolute atomic E-state index is 0.0297. The molecule has 0 saturated carbocycles. The molecule has 0 spiro atoms. The minimum atomic E-state index is -0.417. The molecule has 128 valence electrons. The van der Waals surface area contributed by atoms with E-state index in [9.17, 15) is 9.59 Å². The Morgan fingerprint density at radius 2 is 2.04 bits per heavy atom. The Labute approximate surface area is 153 Å². The molecule has 1 heterocycles. The lowest BCUT2D eigenvalue weighted by molar-refractivity contribution is -0.141. The second kappa shape index (κ2) is 7.21. The number of esters is 1. The molecule has 3 aromatic rings. The van der Waals surface area contributed by atoms with Crippen LogP contribution >= 0.6 is 22.9 Å². The van der Waals surface area contributed by atoms with Crippen molar-refractivity contribution in [1.82, 2.24) is 4.57 Å². The first-order valence-corrected chi connectivity index (χ1v) is 8.69. The number of hydrogen-bond acceptors (Lipinski definition) is 4. The zero-order chi connectivity index (χ0) is 18.0. The summed E-state index contributed by atoms with van der Waals surface area (Å²) in [7, 11) is 1.32. The summed E-state index contributed by atoms with van der Waals surface area (Å²) in [6.07, 6.45) is 0. The van der Waals surface area contributed by atoms with Crippen molar-refractivity contribution < 1.29 is 14.3 Å². The van der Waals surface area contributed by atoms with Crippen molar-refractivity contribution in [2.75, 3.05) is 7.11 Å². The molecule has 0 radical (unpaired) electrons. The standard InChI is InChI=1S/C18H15ClN2O3S/c1-11-4-3-5-12(8-11)17(23)20-18-21(10-16(22)24-2)14-7-6-13(19)9-15(14)25-18/h3-9H,10H2,1-2H3. The Hall–Kier alpha value is -2.44. The molecule has 0 fully saturated rings. The second-order valence-corrected chi connectivity index (χ2v) is 6.89. The Kier molecular flexibility index (Phi) is 5.01. The first kappa shape index (κ1) is 17.4. The van der Waals surface area contributed by atoms with Gasteiger partial charge in [-0.05, 0) is 37.3 Å². The smallest absolute Gasteiger partial charge is 0.325 e. The number of rotatable bonds is 3. The van der Waals surface area contributed by atoms with Crippen molar-refractivity contribution in [2.45, 2.75) is 13.5 Å². The lowest BCUT2D eigenvalue weighted by Crippen LogP contribution is -2.22. The number of amides is 1. The quantitative estimate of drug-likeness (QED) is 0.658. The summed E-state index contributed by atoms with van der Waals surface area (Å²) in [6, 6.07) is 12.5. The van der Waals surface area contributed by atoms with Gasteiger partial charge in [0.05, 0.1) is 17.3 Å². The maximum atomic E-state index is 12.5. The van der Waals surface area contributed by atoms with Gasteiger partial charge in [0.15, 0.2) is 4.80 Å². The third kappa shape index (κ3) is 3.81. The lowest BCUT2D eigenvalue weighted by Gasteiger charge is -2.03. The SMILES string of the molecule is COC(=O)Cn1c(=NC(=O)c2cccc(C)c2)sc2cc(Cl)ccc21. The van der Waals surface area contributed by atoms with Gasteiger partial charge in [-0.25, -0.2) is 0 Å². The maximum Gasteiger partial charge on any atom is 0.325 e. The third-order valence-electron chi connectivity index (χ3n) is 3.62. The molecule has 0 bridgehead atoms. The van der Waals surface area contributed by atoms with Crippen LogP contribution < -0.4 is 4.80 Å². The Bertz CT molecular complexity index is 1040. The second-order valence-electron chi connectivity index (χ2n) is 5.45. The number of methoxy groups -OCH3 is 1. The highest BCUT2D eigenvalue weighted by atomic mass is 35.5. The van der Waals surface area contributed by atoms with E-state index < -0.39 is 5.97 Å².